The Balaban J connectivity index is 0.00000124. The molecule has 7 heterocycles. The summed E-state index contributed by atoms with van der Waals surface area (Å²) >= 11 is 0. The molecule has 58 heavy (non-hydrogen) atoms. The summed E-state index contributed by atoms with van der Waals surface area (Å²) in [5.41, 5.74) is 3.66. The summed E-state index contributed by atoms with van der Waals surface area (Å²) in [7, 11) is 3.56. The minimum atomic E-state index is -0.669. The Labute approximate surface area is 338 Å². The van der Waals surface area contributed by atoms with E-state index in [1.165, 1.54) is 4.57 Å². The lowest BCUT2D eigenvalue weighted by Crippen LogP contribution is -2.60. The number of piperidine rings is 2. The number of carbonyl (C=O) groups is 3. The van der Waals surface area contributed by atoms with Crippen molar-refractivity contribution in [1.82, 2.24) is 34.3 Å². The molecule has 1 aromatic carbocycles. The number of aromatic nitrogens is 5. The van der Waals surface area contributed by atoms with E-state index >= 15 is 0 Å². The quantitative estimate of drug-likeness (QED) is 0.136. The molecule has 4 aliphatic rings. The minimum Gasteiger partial charge on any atom is -0.370 e. The molecule has 0 radical (unpaired) electrons. The van der Waals surface area contributed by atoms with Crippen molar-refractivity contribution < 1.29 is 14.4 Å². The van der Waals surface area contributed by atoms with Gasteiger partial charge in [0, 0.05) is 87.0 Å². The van der Waals surface area contributed by atoms with Gasteiger partial charge in [0.15, 0.2) is 0 Å². The van der Waals surface area contributed by atoms with Crippen molar-refractivity contribution in [2.75, 3.05) is 55.4 Å². The zero-order valence-electron chi connectivity index (χ0n) is 34.0. The Hall–Kier alpha value is -6.05. The van der Waals surface area contributed by atoms with E-state index in [9.17, 15) is 19.2 Å². The predicted molar refractivity (Wildman–Crippen MR) is 229 cm³/mol. The molecule has 304 valence electrons. The molecule has 9 rings (SSSR count). The van der Waals surface area contributed by atoms with Crippen molar-refractivity contribution in [3.63, 3.8) is 0 Å². The van der Waals surface area contributed by atoms with Gasteiger partial charge < -0.3 is 29.2 Å². The molecule has 4 aromatic heterocycles. The summed E-state index contributed by atoms with van der Waals surface area (Å²) in [5.74, 6) is 0.365. The van der Waals surface area contributed by atoms with Crippen molar-refractivity contribution in [2.24, 2.45) is 5.41 Å². The molecule has 4 fully saturated rings. The first-order valence-electron chi connectivity index (χ1n) is 20.5. The number of pyridine rings is 2. The van der Waals surface area contributed by atoms with Crippen molar-refractivity contribution in [3.05, 3.63) is 90.3 Å². The highest BCUT2D eigenvalue weighted by Gasteiger charge is 2.45. The van der Waals surface area contributed by atoms with Crippen LogP contribution >= 0.6 is 0 Å². The molecular weight excluding hydrogens is 733 g/mol. The van der Waals surface area contributed by atoms with Crippen LogP contribution in [0, 0.1) is 5.41 Å². The Kier molecular flexibility index (Phi) is 11.6. The van der Waals surface area contributed by atoms with E-state index in [1.807, 2.05) is 50.4 Å². The Morgan fingerprint density at radius 2 is 1.60 bits per heavy atom. The highest BCUT2D eigenvalue weighted by atomic mass is 16.2. The largest absolute Gasteiger partial charge is 0.370 e. The van der Waals surface area contributed by atoms with Gasteiger partial charge in [-0.3, -0.25) is 24.5 Å². The molecule has 3 saturated heterocycles. The van der Waals surface area contributed by atoms with Crippen LogP contribution in [0.2, 0.25) is 0 Å². The first-order valence-corrected chi connectivity index (χ1v) is 20.5. The first-order chi connectivity index (χ1) is 28.1. The topological polar surface area (TPSA) is 151 Å². The van der Waals surface area contributed by atoms with Gasteiger partial charge in [0.05, 0.1) is 11.9 Å². The van der Waals surface area contributed by atoms with Crippen molar-refractivity contribution in [1.29, 1.82) is 0 Å². The third-order valence-electron chi connectivity index (χ3n) is 11.9. The van der Waals surface area contributed by atoms with E-state index in [1.54, 1.807) is 31.4 Å². The molecule has 14 heteroatoms. The van der Waals surface area contributed by atoms with Gasteiger partial charge in [-0.2, -0.15) is 4.98 Å². The van der Waals surface area contributed by atoms with Gasteiger partial charge in [-0.25, -0.2) is 9.97 Å². The summed E-state index contributed by atoms with van der Waals surface area (Å²) in [6.45, 7) is 13.8. The van der Waals surface area contributed by atoms with Crippen LogP contribution in [0.25, 0.3) is 21.8 Å². The van der Waals surface area contributed by atoms with E-state index in [4.69, 9.17) is 9.97 Å². The van der Waals surface area contributed by atoms with E-state index in [0.717, 1.165) is 92.5 Å². The van der Waals surface area contributed by atoms with Crippen molar-refractivity contribution in [3.8, 4) is 0 Å². The average molecular weight is 787 g/mol. The van der Waals surface area contributed by atoms with Crippen LogP contribution in [0.4, 0.5) is 23.1 Å². The van der Waals surface area contributed by atoms with Gasteiger partial charge in [0.25, 0.3) is 11.5 Å². The fraction of sp³-hybridized carbons (Fsp3) is 0.432. The van der Waals surface area contributed by atoms with E-state index in [-0.39, 0.29) is 35.3 Å². The number of hydrogen-bond donors (Lipinski definition) is 2. The third-order valence-corrected chi connectivity index (χ3v) is 11.9. The monoisotopic (exact) mass is 786 g/mol. The van der Waals surface area contributed by atoms with Crippen LogP contribution in [0.1, 0.15) is 87.8 Å². The number of nitrogens with one attached hydrogen (secondary N) is 2. The van der Waals surface area contributed by atoms with Gasteiger partial charge in [0.2, 0.25) is 17.8 Å². The second kappa shape index (κ2) is 16.8. The van der Waals surface area contributed by atoms with Crippen LogP contribution in [-0.4, -0.2) is 87.0 Å². The SMILES string of the molecule is C=C.CC.CN(C)C(=O)c1cc2cnc(Nc3ccc(N4CCC5(CC4)CN(c4ccc6c(=O)n(C7CCC(=O)NC7=O)ccc6c4)C5)cn3)nc2n1C1CCCC1. The number of rotatable bonds is 7. The van der Waals surface area contributed by atoms with Gasteiger partial charge in [0.1, 0.15) is 23.2 Å². The van der Waals surface area contributed by atoms with Crippen LogP contribution in [-0.2, 0) is 9.59 Å². The lowest BCUT2D eigenvalue weighted by Gasteiger charge is -2.55. The van der Waals surface area contributed by atoms with Crippen molar-refractivity contribution in [2.45, 2.75) is 77.3 Å². The number of hydrogen-bond acceptors (Lipinski definition) is 10. The molecule has 2 N–H and O–H groups in total. The highest BCUT2D eigenvalue weighted by Crippen LogP contribution is 2.44. The molecular formula is C44H54N10O4. The summed E-state index contributed by atoms with van der Waals surface area (Å²) in [6, 6.07) is 13.4. The smallest absolute Gasteiger partial charge is 0.270 e. The molecule has 1 atom stereocenters. The van der Waals surface area contributed by atoms with E-state index in [0.29, 0.717) is 29.3 Å². The maximum Gasteiger partial charge on any atom is 0.270 e. The number of anilines is 4. The molecule has 3 aliphatic heterocycles. The first kappa shape index (κ1) is 40.2. The summed E-state index contributed by atoms with van der Waals surface area (Å²) in [4.78, 5) is 70.9. The zero-order chi connectivity index (χ0) is 41.1. The average Bonchev–Trinajstić information content (AvgIpc) is 3.90. The lowest BCUT2D eigenvalue weighted by atomic mass is 9.71. The number of amides is 3. The molecule has 5 aromatic rings. The normalized spacial score (nSPS) is 18.9. The van der Waals surface area contributed by atoms with Crippen LogP contribution in [0.3, 0.4) is 0 Å². The molecule has 1 saturated carbocycles. The Morgan fingerprint density at radius 3 is 2.28 bits per heavy atom. The second-order valence-corrected chi connectivity index (χ2v) is 15.6. The van der Waals surface area contributed by atoms with Crippen molar-refractivity contribution >= 4 is 62.7 Å². The molecule has 1 unspecified atom stereocenters. The predicted octanol–water partition coefficient (Wildman–Crippen LogP) is 6.61. The summed E-state index contributed by atoms with van der Waals surface area (Å²) < 4.78 is 3.57. The maximum atomic E-state index is 13.3. The molecule has 0 bridgehead atoms. The number of benzene rings is 1. The number of fused-ring (bicyclic) bond motifs is 2. The Bertz CT molecular complexity index is 2360. The lowest BCUT2D eigenvalue weighted by molar-refractivity contribution is -0.135. The Morgan fingerprint density at radius 1 is 0.879 bits per heavy atom. The number of carbonyl (C=O) groups excluding carboxylic acids is 3. The van der Waals surface area contributed by atoms with E-state index < -0.39 is 11.9 Å². The van der Waals surface area contributed by atoms with Gasteiger partial charge in [-0.1, -0.05) is 26.7 Å². The summed E-state index contributed by atoms with van der Waals surface area (Å²) in [5, 5.41) is 7.90. The van der Waals surface area contributed by atoms with Crippen LogP contribution in [0.15, 0.2) is 79.0 Å². The van der Waals surface area contributed by atoms with Gasteiger partial charge in [-0.15, -0.1) is 13.2 Å². The molecule has 3 amide bonds. The van der Waals surface area contributed by atoms with Gasteiger partial charge >= 0.3 is 0 Å². The fourth-order valence-electron chi connectivity index (χ4n) is 8.90. The molecule has 14 nitrogen and oxygen atoms in total. The third kappa shape index (κ3) is 7.67. The number of imide groups is 1. The highest BCUT2D eigenvalue weighted by molar-refractivity contribution is 6.00. The summed E-state index contributed by atoms with van der Waals surface area (Å²) in [6.07, 6.45) is 12.5. The standard InChI is InChI=1S/C40H44N10O4.C2H6.C2H4/c1-46(2)38(54)32-20-26-21-42-39(45-35(26)50(32)27-5-3-4-6-27)43-33-11-8-29(22-41-33)47-17-14-40(15-18-47)23-48(24-40)28-7-9-30-25(19-28)13-16-49(37(30)53)31-10-12-34(51)44-36(31)52;2*1-2/h7-9,11,13,16,19-22,27,31H,3-6,10,12,14-15,17-18,23-24H2,1-2H3,(H,44,51,52)(H,41,42,43,45);1-2H3;1-2H2. The zero-order valence-corrected chi connectivity index (χ0v) is 34.0. The fourth-order valence-corrected chi connectivity index (χ4v) is 8.90. The molecule has 1 spiro atoms. The van der Waals surface area contributed by atoms with E-state index in [2.05, 4.69) is 55.3 Å². The van der Waals surface area contributed by atoms with Gasteiger partial charge in [-0.05, 0) is 80.0 Å². The molecule has 1 aliphatic carbocycles. The number of nitrogens with zero attached hydrogens (tertiary/aromatic N) is 8. The minimum absolute atomic E-state index is 0.0290. The maximum absolute atomic E-state index is 13.3. The van der Waals surface area contributed by atoms with Crippen LogP contribution < -0.4 is 26.0 Å². The second-order valence-electron chi connectivity index (χ2n) is 15.6. The van der Waals surface area contributed by atoms with Crippen LogP contribution in [0.5, 0.6) is 0 Å².